The van der Waals surface area contributed by atoms with E-state index in [1.807, 2.05) is 0 Å². The van der Waals surface area contributed by atoms with Crippen LogP contribution in [0.3, 0.4) is 0 Å². The van der Waals surface area contributed by atoms with Crippen molar-refractivity contribution in [2.24, 2.45) is 0 Å². The van der Waals surface area contributed by atoms with Gasteiger partial charge in [0, 0.05) is 5.56 Å². The molecule has 2 heterocycles. The first-order valence-electron chi connectivity index (χ1n) is 5.97. The van der Waals surface area contributed by atoms with Crippen LogP contribution >= 0.6 is 11.3 Å². The van der Waals surface area contributed by atoms with Crippen LogP contribution in [-0.4, -0.2) is 27.0 Å². The number of aromatic carboxylic acids is 1. The zero-order chi connectivity index (χ0) is 14.8. The number of anilines is 1. The van der Waals surface area contributed by atoms with Crippen LogP contribution < -0.4 is 5.32 Å². The Morgan fingerprint density at radius 3 is 2.71 bits per heavy atom. The number of fused-ring (bicyclic) bond motifs is 1. The van der Waals surface area contributed by atoms with Crippen molar-refractivity contribution < 1.29 is 14.7 Å². The SMILES string of the molecule is O=C(Nc1ccc(C(=O)O)nc1)c1ccc2ncsc2c1. The summed E-state index contributed by atoms with van der Waals surface area (Å²) < 4.78 is 0.932. The highest BCUT2D eigenvalue weighted by molar-refractivity contribution is 7.16. The highest BCUT2D eigenvalue weighted by Gasteiger charge is 2.09. The molecular weight excluding hydrogens is 290 g/mol. The molecule has 0 radical (unpaired) electrons. The first-order valence-corrected chi connectivity index (χ1v) is 6.85. The molecule has 0 spiro atoms. The molecule has 1 amide bonds. The number of rotatable bonds is 3. The number of nitrogens with zero attached hydrogens (tertiary/aromatic N) is 2. The van der Waals surface area contributed by atoms with Crippen molar-refractivity contribution >= 4 is 39.1 Å². The minimum atomic E-state index is -1.11. The molecule has 0 saturated heterocycles. The van der Waals surface area contributed by atoms with E-state index in [1.165, 1.54) is 29.7 Å². The number of nitrogens with one attached hydrogen (secondary N) is 1. The third kappa shape index (κ3) is 2.72. The highest BCUT2D eigenvalue weighted by atomic mass is 32.1. The number of hydrogen-bond donors (Lipinski definition) is 2. The quantitative estimate of drug-likeness (QED) is 0.775. The van der Waals surface area contributed by atoms with Crippen molar-refractivity contribution in [3.63, 3.8) is 0 Å². The molecule has 0 bridgehead atoms. The standard InChI is InChI=1S/C14H9N3O3S/c18-13(8-1-3-10-12(5-8)21-7-16-10)17-9-2-4-11(14(19)20)15-6-9/h1-7H,(H,17,18)(H,19,20). The van der Waals surface area contributed by atoms with Crippen LogP contribution in [0.5, 0.6) is 0 Å². The highest BCUT2D eigenvalue weighted by Crippen LogP contribution is 2.19. The van der Waals surface area contributed by atoms with E-state index in [9.17, 15) is 9.59 Å². The van der Waals surface area contributed by atoms with Crippen molar-refractivity contribution in [2.45, 2.75) is 0 Å². The summed E-state index contributed by atoms with van der Waals surface area (Å²) in [6.45, 7) is 0. The first-order chi connectivity index (χ1) is 10.1. The smallest absolute Gasteiger partial charge is 0.354 e. The van der Waals surface area contributed by atoms with E-state index in [0.29, 0.717) is 11.3 Å². The minimum Gasteiger partial charge on any atom is -0.477 e. The summed E-state index contributed by atoms with van der Waals surface area (Å²) in [5.41, 5.74) is 3.45. The van der Waals surface area contributed by atoms with Gasteiger partial charge in [0.05, 0.1) is 27.6 Å². The van der Waals surface area contributed by atoms with Gasteiger partial charge in [0.15, 0.2) is 0 Å². The van der Waals surface area contributed by atoms with Gasteiger partial charge in [0.25, 0.3) is 5.91 Å². The van der Waals surface area contributed by atoms with Crippen LogP contribution in [-0.2, 0) is 0 Å². The summed E-state index contributed by atoms with van der Waals surface area (Å²) >= 11 is 1.46. The number of carboxylic acid groups (broad SMARTS) is 1. The van der Waals surface area contributed by atoms with Gasteiger partial charge in [0.1, 0.15) is 5.69 Å². The zero-order valence-corrected chi connectivity index (χ0v) is 11.4. The third-order valence-electron chi connectivity index (χ3n) is 2.83. The van der Waals surface area contributed by atoms with Crippen molar-refractivity contribution in [3.05, 3.63) is 53.3 Å². The van der Waals surface area contributed by atoms with Crippen LogP contribution in [0.4, 0.5) is 5.69 Å². The Bertz CT molecular complexity index is 827. The summed E-state index contributed by atoms with van der Waals surface area (Å²) in [7, 11) is 0. The number of pyridine rings is 1. The second-order valence-corrected chi connectivity index (χ2v) is 5.11. The van der Waals surface area contributed by atoms with Gasteiger partial charge in [-0.05, 0) is 30.3 Å². The molecule has 104 valence electrons. The lowest BCUT2D eigenvalue weighted by Gasteiger charge is -2.05. The molecule has 0 saturated carbocycles. The number of benzene rings is 1. The number of hydrogen-bond acceptors (Lipinski definition) is 5. The van der Waals surface area contributed by atoms with Crippen molar-refractivity contribution in [1.82, 2.24) is 9.97 Å². The summed E-state index contributed by atoms with van der Waals surface area (Å²) in [6, 6.07) is 8.08. The van der Waals surface area contributed by atoms with Crippen LogP contribution in [0.1, 0.15) is 20.8 Å². The van der Waals surface area contributed by atoms with Crippen molar-refractivity contribution in [2.75, 3.05) is 5.32 Å². The Morgan fingerprint density at radius 1 is 1.14 bits per heavy atom. The van der Waals surface area contributed by atoms with Gasteiger partial charge in [-0.15, -0.1) is 11.3 Å². The maximum atomic E-state index is 12.1. The van der Waals surface area contributed by atoms with Crippen LogP contribution in [0.2, 0.25) is 0 Å². The van der Waals surface area contributed by atoms with Gasteiger partial charge in [-0.3, -0.25) is 4.79 Å². The maximum Gasteiger partial charge on any atom is 0.354 e. The van der Waals surface area contributed by atoms with E-state index in [0.717, 1.165) is 10.2 Å². The summed E-state index contributed by atoms with van der Waals surface area (Å²) in [6.07, 6.45) is 1.31. The second kappa shape index (κ2) is 5.29. The summed E-state index contributed by atoms with van der Waals surface area (Å²) in [5, 5.41) is 11.4. The number of amides is 1. The molecule has 0 atom stereocenters. The van der Waals surface area contributed by atoms with Crippen LogP contribution in [0.25, 0.3) is 10.2 Å². The van der Waals surface area contributed by atoms with Crippen LogP contribution in [0.15, 0.2) is 42.0 Å². The number of carbonyl (C=O) groups excluding carboxylic acids is 1. The zero-order valence-electron chi connectivity index (χ0n) is 10.6. The van der Waals surface area contributed by atoms with Crippen LogP contribution in [0, 0.1) is 0 Å². The number of thiazole rings is 1. The molecule has 2 N–H and O–H groups in total. The molecule has 0 aliphatic heterocycles. The predicted octanol–water partition coefficient (Wildman–Crippen LogP) is 2.64. The topological polar surface area (TPSA) is 92.2 Å². The fourth-order valence-electron chi connectivity index (χ4n) is 1.79. The van der Waals surface area contributed by atoms with E-state index in [2.05, 4.69) is 15.3 Å². The average Bonchev–Trinajstić information content (AvgIpc) is 2.95. The maximum absolute atomic E-state index is 12.1. The Labute approximate surface area is 123 Å². The van der Waals surface area contributed by atoms with Crippen molar-refractivity contribution in [1.29, 1.82) is 0 Å². The predicted molar refractivity (Wildman–Crippen MR) is 78.8 cm³/mol. The monoisotopic (exact) mass is 299 g/mol. The third-order valence-corrected chi connectivity index (χ3v) is 3.63. The van der Waals surface area contributed by atoms with E-state index in [-0.39, 0.29) is 11.6 Å². The van der Waals surface area contributed by atoms with Gasteiger partial charge >= 0.3 is 5.97 Å². The minimum absolute atomic E-state index is 0.0703. The Kier molecular flexibility index (Phi) is 3.33. The van der Waals surface area contributed by atoms with E-state index in [1.54, 1.807) is 23.7 Å². The molecule has 7 heteroatoms. The molecular formula is C14H9N3O3S. The lowest BCUT2D eigenvalue weighted by atomic mass is 10.2. The number of aromatic nitrogens is 2. The molecule has 0 aliphatic carbocycles. The van der Waals surface area contributed by atoms with Gasteiger partial charge in [-0.1, -0.05) is 0 Å². The lowest BCUT2D eigenvalue weighted by molar-refractivity contribution is 0.0690. The summed E-state index contributed by atoms with van der Waals surface area (Å²) in [4.78, 5) is 30.7. The van der Waals surface area contributed by atoms with E-state index in [4.69, 9.17) is 5.11 Å². The lowest BCUT2D eigenvalue weighted by Crippen LogP contribution is -2.12. The average molecular weight is 299 g/mol. The number of carboxylic acids is 1. The number of carbonyl (C=O) groups is 2. The van der Waals surface area contributed by atoms with Crippen molar-refractivity contribution in [3.8, 4) is 0 Å². The summed E-state index contributed by atoms with van der Waals surface area (Å²) in [5.74, 6) is -1.39. The normalized spacial score (nSPS) is 10.5. The Hall–Kier alpha value is -2.80. The molecule has 0 fully saturated rings. The molecule has 0 unspecified atom stereocenters. The van der Waals surface area contributed by atoms with Gasteiger partial charge in [0.2, 0.25) is 0 Å². The van der Waals surface area contributed by atoms with Gasteiger partial charge in [-0.2, -0.15) is 0 Å². The second-order valence-electron chi connectivity index (χ2n) is 4.23. The van der Waals surface area contributed by atoms with E-state index < -0.39 is 5.97 Å². The molecule has 2 aromatic heterocycles. The Morgan fingerprint density at radius 2 is 2.00 bits per heavy atom. The fraction of sp³-hybridized carbons (Fsp3) is 0. The molecule has 1 aromatic carbocycles. The fourth-order valence-corrected chi connectivity index (χ4v) is 2.51. The molecule has 3 rings (SSSR count). The molecule has 21 heavy (non-hydrogen) atoms. The molecule has 3 aromatic rings. The van der Waals surface area contributed by atoms with E-state index >= 15 is 0 Å². The first kappa shape index (κ1) is 13.2. The van der Waals surface area contributed by atoms with Gasteiger partial charge < -0.3 is 10.4 Å². The largest absolute Gasteiger partial charge is 0.477 e. The van der Waals surface area contributed by atoms with Gasteiger partial charge in [-0.25, -0.2) is 14.8 Å². The Balaban J connectivity index is 1.80. The molecule has 0 aliphatic rings. The molecule has 6 nitrogen and oxygen atoms in total.